The Balaban J connectivity index is 1.24. The van der Waals surface area contributed by atoms with Gasteiger partial charge < -0.3 is 19.7 Å². The lowest BCUT2D eigenvalue weighted by Gasteiger charge is -2.23. The predicted octanol–water partition coefficient (Wildman–Crippen LogP) is 3.85. The first kappa shape index (κ1) is 21.1. The van der Waals surface area contributed by atoms with Gasteiger partial charge in [-0.05, 0) is 43.2 Å². The molecule has 2 aliphatic rings. The summed E-state index contributed by atoms with van der Waals surface area (Å²) in [4.78, 5) is 26.8. The van der Waals surface area contributed by atoms with Crippen LogP contribution in [0.3, 0.4) is 0 Å². The number of halogens is 2. The molecule has 0 bridgehead atoms. The van der Waals surface area contributed by atoms with Crippen molar-refractivity contribution in [3.63, 3.8) is 0 Å². The van der Waals surface area contributed by atoms with Crippen LogP contribution in [-0.2, 0) is 4.79 Å². The van der Waals surface area contributed by atoms with Crippen molar-refractivity contribution >= 4 is 34.1 Å². The van der Waals surface area contributed by atoms with Gasteiger partial charge in [0.05, 0.1) is 0 Å². The van der Waals surface area contributed by atoms with E-state index in [0.29, 0.717) is 41.0 Å². The molecule has 5 rings (SSSR count). The van der Waals surface area contributed by atoms with Crippen LogP contribution in [0.4, 0.5) is 24.4 Å². The number of hydrogen-bond donors (Lipinski definition) is 2. The predicted molar refractivity (Wildman–Crippen MR) is 115 cm³/mol. The van der Waals surface area contributed by atoms with Gasteiger partial charge in [0, 0.05) is 23.9 Å². The van der Waals surface area contributed by atoms with E-state index >= 15 is 0 Å². The second kappa shape index (κ2) is 8.62. The first-order valence-electron chi connectivity index (χ1n) is 10.0. The fraction of sp³-hybridized carbons (Fsp3) is 0.238. The van der Waals surface area contributed by atoms with Gasteiger partial charge in [0.15, 0.2) is 23.1 Å². The number of ether oxygens (including phenoxy) is 2. The number of benzene rings is 2. The number of carbonyl (C=O) groups is 2. The smallest absolute Gasteiger partial charge is 0.322 e. The number of urea groups is 1. The van der Waals surface area contributed by atoms with Gasteiger partial charge in [-0.3, -0.25) is 10.1 Å². The van der Waals surface area contributed by atoms with Crippen LogP contribution in [-0.4, -0.2) is 46.4 Å². The minimum absolute atomic E-state index is 0.0995. The number of nitrogens with one attached hydrogen (secondary N) is 2. The van der Waals surface area contributed by atoms with Crippen LogP contribution in [0.25, 0.3) is 10.6 Å². The summed E-state index contributed by atoms with van der Waals surface area (Å²) in [6.45, 7) is 0.518. The van der Waals surface area contributed by atoms with E-state index in [-0.39, 0.29) is 12.5 Å². The quantitative estimate of drug-likeness (QED) is 0.597. The summed E-state index contributed by atoms with van der Waals surface area (Å²) in [5, 5.41) is 14.2. The number of amides is 3. The van der Waals surface area contributed by atoms with Gasteiger partial charge >= 0.3 is 6.03 Å². The van der Waals surface area contributed by atoms with Gasteiger partial charge in [0.2, 0.25) is 17.8 Å². The van der Waals surface area contributed by atoms with E-state index in [1.165, 1.54) is 22.3 Å². The summed E-state index contributed by atoms with van der Waals surface area (Å²) in [5.41, 5.74) is 0.869. The molecular weight excluding hydrogens is 456 g/mol. The van der Waals surface area contributed by atoms with Crippen LogP contribution >= 0.6 is 11.3 Å². The van der Waals surface area contributed by atoms with Gasteiger partial charge in [0.25, 0.3) is 0 Å². The Bertz CT molecular complexity index is 1240. The third kappa shape index (κ3) is 4.29. The van der Waals surface area contributed by atoms with E-state index in [1.54, 1.807) is 12.1 Å². The maximum atomic E-state index is 13.4. The van der Waals surface area contributed by atoms with Gasteiger partial charge in [0.1, 0.15) is 11.0 Å². The van der Waals surface area contributed by atoms with Gasteiger partial charge in [-0.25, -0.2) is 13.6 Å². The Labute approximate surface area is 190 Å². The zero-order valence-electron chi connectivity index (χ0n) is 17.0. The summed E-state index contributed by atoms with van der Waals surface area (Å²) in [7, 11) is 0. The third-order valence-corrected chi connectivity index (χ3v) is 6.15. The van der Waals surface area contributed by atoms with Gasteiger partial charge in [-0.1, -0.05) is 11.3 Å². The van der Waals surface area contributed by atoms with Crippen LogP contribution in [0.2, 0.25) is 0 Å². The summed E-state index contributed by atoms with van der Waals surface area (Å²) in [6, 6.07) is 7.14. The van der Waals surface area contributed by atoms with Crippen molar-refractivity contribution in [1.82, 2.24) is 15.1 Å². The lowest BCUT2D eigenvalue weighted by Crippen LogP contribution is -2.45. The lowest BCUT2D eigenvalue weighted by molar-refractivity contribution is -0.119. The molecule has 2 aliphatic heterocycles. The number of aromatic nitrogens is 2. The van der Waals surface area contributed by atoms with Crippen molar-refractivity contribution in [3.8, 4) is 22.1 Å². The van der Waals surface area contributed by atoms with Crippen molar-refractivity contribution in [3.05, 3.63) is 48.0 Å². The van der Waals surface area contributed by atoms with Crippen LogP contribution in [0.15, 0.2) is 36.4 Å². The number of rotatable bonds is 4. The van der Waals surface area contributed by atoms with Crippen molar-refractivity contribution in [2.24, 2.45) is 0 Å². The first-order chi connectivity index (χ1) is 16.0. The van der Waals surface area contributed by atoms with Crippen LogP contribution in [0, 0.1) is 11.6 Å². The molecule has 2 aromatic carbocycles. The molecule has 2 N–H and O–H groups in total. The number of fused-ring (bicyclic) bond motifs is 1. The molecule has 1 atom stereocenters. The monoisotopic (exact) mass is 473 g/mol. The summed E-state index contributed by atoms with van der Waals surface area (Å²) >= 11 is 1.19. The zero-order valence-corrected chi connectivity index (χ0v) is 17.8. The molecule has 3 aromatic rings. The standard InChI is InChI=1S/C21H17F2N5O4S/c22-13-5-4-12(9-14(13)23)24-21(30)28-7-1-2-15(28)18(29)25-20-27-26-19(33-20)11-3-6-16-17(8-11)32-10-31-16/h3-6,8-9,15H,1-2,7,10H2,(H,24,30)(H,25,27,29). The SMILES string of the molecule is O=C(Nc1nnc(-c2ccc3c(c2)OCO3)s1)C1CCCN1C(=O)Nc1ccc(F)c(F)c1. The van der Waals surface area contributed by atoms with E-state index in [2.05, 4.69) is 20.8 Å². The molecule has 1 saturated heterocycles. The molecule has 9 nitrogen and oxygen atoms in total. The average molecular weight is 473 g/mol. The van der Waals surface area contributed by atoms with Crippen LogP contribution in [0.5, 0.6) is 11.5 Å². The number of nitrogens with zero attached hydrogens (tertiary/aromatic N) is 3. The second-order valence-corrected chi connectivity index (χ2v) is 8.36. The topological polar surface area (TPSA) is 106 Å². The zero-order chi connectivity index (χ0) is 22.9. The number of anilines is 2. The molecule has 3 amide bonds. The van der Waals surface area contributed by atoms with E-state index in [0.717, 1.165) is 17.7 Å². The fourth-order valence-corrected chi connectivity index (χ4v) is 4.40. The highest BCUT2D eigenvalue weighted by molar-refractivity contribution is 7.18. The van der Waals surface area contributed by atoms with E-state index in [4.69, 9.17) is 9.47 Å². The lowest BCUT2D eigenvalue weighted by atomic mass is 10.2. The van der Waals surface area contributed by atoms with E-state index < -0.39 is 29.6 Å². The second-order valence-electron chi connectivity index (χ2n) is 7.38. The molecule has 0 saturated carbocycles. The normalized spacial score (nSPS) is 16.7. The molecule has 0 spiro atoms. The van der Waals surface area contributed by atoms with Crippen LogP contribution in [0.1, 0.15) is 12.8 Å². The number of hydrogen-bond acceptors (Lipinski definition) is 7. The summed E-state index contributed by atoms with van der Waals surface area (Å²) in [5.74, 6) is -1.22. The molecule has 1 fully saturated rings. The van der Waals surface area contributed by atoms with Crippen LogP contribution < -0.4 is 20.1 Å². The van der Waals surface area contributed by atoms with E-state index in [1.807, 2.05) is 6.07 Å². The summed E-state index contributed by atoms with van der Waals surface area (Å²) in [6.07, 6.45) is 1.09. The molecular formula is C21H17F2N5O4S. The number of likely N-dealkylation sites (tertiary alicyclic amines) is 1. The highest BCUT2D eigenvalue weighted by atomic mass is 32.1. The minimum atomic E-state index is -1.07. The maximum Gasteiger partial charge on any atom is 0.322 e. The maximum absolute atomic E-state index is 13.4. The summed E-state index contributed by atoms with van der Waals surface area (Å²) < 4.78 is 37.2. The minimum Gasteiger partial charge on any atom is -0.454 e. The largest absolute Gasteiger partial charge is 0.454 e. The Morgan fingerprint density at radius 1 is 1.03 bits per heavy atom. The van der Waals surface area contributed by atoms with Crippen molar-refractivity contribution in [2.45, 2.75) is 18.9 Å². The number of carbonyl (C=O) groups excluding carboxylic acids is 2. The third-order valence-electron chi connectivity index (χ3n) is 5.26. The Morgan fingerprint density at radius 3 is 2.73 bits per heavy atom. The molecule has 170 valence electrons. The Morgan fingerprint density at radius 2 is 1.88 bits per heavy atom. The average Bonchev–Trinajstić information content (AvgIpc) is 3.56. The van der Waals surface area contributed by atoms with Gasteiger partial charge in [-0.15, -0.1) is 10.2 Å². The Hall–Kier alpha value is -3.80. The Kier molecular flexibility index (Phi) is 5.50. The highest BCUT2D eigenvalue weighted by Gasteiger charge is 2.34. The molecule has 1 unspecified atom stereocenters. The van der Waals surface area contributed by atoms with Gasteiger partial charge in [-0.2, -0.15) is 0 Å². The van der Waals surface area contributed by atoms with Crippen molar-refractivity contribution in [1.29, 1.82) is 0 Å². The van der Waals surface area contributed by atoms with Crippen molar-refractivity contribution < 1.29 is 27.8 Å². The van der Waals surface area contributed by atoms with E-state index in [9.17, 15) is 18.4 Å². The van der Waals surface area contributed by atoms with Crippen molar-refractivity contribution in [2.75, 3.05) is 24.0 Å². The highest BCUT2D eigenvalue weighted by Crippen LogP contribution is 2.37. The molecule has 33 heavy (non-hydrogen) atoms. The molecule has 12 heteroatoms. The molecule has 0 radical (unpaired) electrons. The molecule has 0 aliphatic carbocycles. The fourth-order valence-electron chi connectivity index (χ4n) is 3.66. The molecule has 3 heterocycles. The molecule has 1 aromatic heterocycles. The first-order valence-corrected chi connectivity index (χ1v) is 10.9.